The van der Waals surface area contributed by atoms with Crippen LogP contribution in [0.15, 0.2) is 16.7 Å². The van der Waals surface area contributed by atoms with Gasteiger partial charge >= 0.3 is 6.03 Å². The number of urea groups is 1. The zero-order chi connectivity index (χ0) is 16.3. The Morgan fingerprint density at radius 1 is 1.41 bits per heavy atom. The molecular weight excluding hydrogens is 280 g/mol. The summed E-state index contributed by atoms with van der Waals surface area (Å²) in [6.45, 7) is 8.38. The Hall–Kier alpha value is -2.24. The van der Waals surface area contributed by atoms with Crippen LogP contribution in [0.5, 0.6) is 0 Å². The number of carbonyl (C=O) groups is 1. The SMILES string of the molecule is CC[C@H](NC(=O)NCc1ccoc1C)c1c(C)nn(C)c1C. The quantitative estimate of drug-likeness (QED) is 0.892. The molecule has 0 bridgehead atoms. The number of nitrogens with one attached hydrogen (secondary N) is 2. The second kappa shape index (κ2) is 6.68. The van der Waals surface area contributed by atoms with E-state index in [2.05, 4.69) is 22.7 Å². The van der Waals surface area contributed by atoms with E-state index in [1.54, 1.807) is 6.26 Å². The third kappa shape index (κ3) is 3.32. The lowest BCUT2D eigenvalue weighted by Crippen LogP contribution is -2.37. The van der Waals surface area contributed by atoms with Gasteiger partial charge in [0.1, 0.15) is 5.76 Å². The van der Waals surface area contributed by atoms with Crippen LogP contribution >= 0.6 is 0 Å². The summed E-state index contributed by atoms with van der Waals surface area (Å²) < 4.78 is 7.07. The first-order chi connectivity index (χ1) is 10.4. The van der Waals surface area contributed by atoms with Crippen molar-refractivity contribution >= 4 is 6.03 Å². The van der Waals surface area contributed by atoms with Crippen LogP contribution < -0.4 is 10.6 Å². The maximum absolute atomic E-state index is 12.1. The Labute approximate surface area is 130 Å². The van der Waals surface area contributed by atoms with E-state index in [9.17, 15) is 4.79 Å². The van der Waals surface area contributed by atoms with E-state index < -0.39 is 0 Å². The predicted molar refractivity (Wildman–Crippen MR) is 84.5 cm³/mol. The molecule has 2 heterocycles. The molecule has 0 aliphatic rings. The van der Waals surface area contributed by atoms with Gasteiger partial charge in [-0.25, -0.2) is 4.79 Å². The molecule has 120 valence electrons. The summed E-state index contributed by atoms with van der Waals surface area (Å²) in [4.78, 5) is 12.1. The number of rotatable bonds is 5. The van der Waals surface area contributed by atoms with Crippen LogP contribution in [0.2, 0.25) is 0 Å². The Morgan fingerprint density at radius 2 is 2.14 bits per heavy atom. The molecule has 0 radical (unpaired) electrons. The van der Waals surface area contributed by atoms with Gasteiger partial charge in [-0.3, -0.25) is 4.68 Å². The molecule has 0 saturated carbocycles. The molecule has 0 aliphatic carbocycles. The molecule has 2 amide bonds. The minimum atomic E-state index is -0.185. The summed E-state index contributed by atoms with van der Waals surface area (Å²) in [5.74, 6) is 0.825. The average Bonchev–Trinajstić information content (AvgIpc) is 2.99. The number of hydrogen-bond acceptors (Lipinski definition) is 3. The summed E-state index contributed by atoms with van der Waals surface area (Å²) in [5.41, 5.74) is 4.12. The van der Waals surface area contributed by atoms with E-state index in [1.807, 2.05) is 38.6 Å². The van der Waals surface area contributed by atoms with E-state index in [1.165, 1.54) is 0 Å². The maximum Gasteiger partial charge on any atom is 0.315 e. The number of amides is 2. The highest BCUT2D eigenvalue weighted by Gasteiger charge is 2.20. The Morgan fingerprint density at radius 3 is 2.64 bits per heavy atom. The highest BCUT2D eigenvalue weighted by atomic mass is 16.3. The summed E-state index contributed by atoms with van der Waals surface area (Å²) in [6, 6.07) is 1.64. The molecule has 2 aromatic heterocycles. The molecule has 22 heavy (non-hydrogen) atoms. The first kappa shape index (κ1) is 16.1. The van der Waals surface area contributed by atoms with Crippen LogP contribution in [-0.2, 0) is 13.6 Å². The van der Waals surface area contributed by atoms with Gasteiger partial charge < -0.3 is 15.1 Å². The maximum atomic E-state index is 12.1. The summed E-state index contributed by atoms with van der Waals surface area (Å²) in [6.07, 6.45) is 2.44. The number of nitrogens with zero attached hydrogens (tertiary/aromatic N) is 2. The molecule has 2 rings (SSSR count). The van der Waals surface area contributed by atoms with Crippen LogP contribution in [0.4, 0.5) is 4.79 Å². The molecule has 0 unspecified atom stereocenters. The second-order valence-electron chi connectivity index (χ2n) is 5.50. The number of furan rings is 1. The zero-order valence-electron chi connectivity index (χ0n) is 13.9. The van der Waals surface area contributed by atoms with Crippen molar-refractivity contribution in [2.75, 3.05) is 0 Å². The van der Waals surface area contributed by atoms with Crippen molar-refractivity contribution in [1.29, 1.82) is 0 Å². The number of hydrogen-bond donors (Lipinski definition) is 2. The topological polar surface area (TPSA) is 72.1 Å². The zero-order valence-corrected chi connectivity index (χ0v) is 13.9. The van der Waals surface area contributed by atoms with Gasteiger partial charge in [0.15, 0.2) is 0 Å². The van der Waals surface area contributed by atoms with E-state index in [0.717, 1.165) is 34.7 Å². The van der Waals surface area contributed by atoms with Crippen molar-refractivity contribution in [2.45, 2.75) is 46.7 Å². The summed E-state index contributed by atoms with van der Waals surface area (Å²) >= 11 is 0. The number of aromatic nitrogens is 2. The van der Waals surface area contributed by atoms with Gasteiger partial charge in [-0.2, -0.15) is 5.10 Å². The van der Waals surface area contributed by atoms with E-state index >= 15 is 0 Å². The van der Waals surface area contributed by atoms with E-state index in [-0.39, 0.29) is 12.1 Å². The lowest BCUT2D eigenvalue weighted by molar-refractivity contribution is 0.236. The summed E-state index contributed by atoms with van der Waals surface area (Å²) in [7, 11) is 1.92. The first-order valence-electron chi connectivity index (χ1n) is 7.51. The van der Waals surface area contributed by atoms with Gasteiger partial charge in [0.05, 0.1) is 18.0 Å². The fourth-order valence-corrected chi connectivity index (χ4v) is 2.65. The van der Waals surface area contributed by atoms with Crippen molar-refractivity contribution in [3.63, 3.8) is 0 Å². The van der Waals surface area contributed by atoms with Gasteiger partial charge in [0, 0.05) is 30.4 Å². The Balaban J connectivity index is 2.01. The van der Waals surface area contributed by atoms with Gasteiger partial charge in [0.25, 0.3) is 0 Å². The third-order valence-corrected chi connectivity index (χ3v) is 4.03. The molecule has 0 fully saturated rings. The van der Waals surface area contributed by atoms with Crippen LogP contribution in [0.25, 0.3) is 0 Å². The molecular formula is C16H24N4O2. The smallest absolute Gasteiger partial charge is 0.315 e. The fourth-order valence-electron chi connectivity index (χ4n) is 2.65. The van der Waals surface area contributed by atoms with Crippen molar-refractivity contribution in [3.8, 4) is 0 Å². The van der Waals surface area contributed by atoms with Gasteiger partial charge in [-0.1, -0.05) is 6.92 Å². The lowest BCUT2D eigenvalue weighted by atomic mass is 10.0. The van der Waals surface area contributed by atoms with Crippen LogP contribution in [0, 0.1) is 20.8 Å². The lowest BCUT2D eigenvalue weighted by Gasteiger charge is -2.18. The largest absolute Gasteiger partial charge is 0.469 e. The van der Waals surface area contributed by atoms with E-state index in [4.69, 9.17) is 4.42 Å². The summed E-state index contributed by atoms with van der Waals surface area (Å²) in [5, 5.41) is 10.3. The van der Waals surface area contributed by atoms with Crippen LogP contribution in [-0.4, -0.2) is 15.8 Å². The normalized spacial score (nSPS) is 12.2. The van der Waals surface area contributed by atoms with E-state index in [0.29, 0.717) is 6.54 Å². The monoisotopic (exact) mass is 304 g/mol. The third-order valence-electron chi connectivity index (χ3n) is 4.03. The fraction of sp³-hybridized carbons (Fsp3) is 0.500. The highest BCUT2D eigenvalue weighted by molar-refractivity contribution is 5.74. The molecule has 0 aromatic carbocycles. The van der Waals surface area contributed by atoms with Crippen molar-refractivity contribution in [1.82, 2.24) is 20.4 Å². The minimum Gasteiger partial charge on any atom is -0.469 e. The number of aryl methyl sites for hydroxylation is 3. The van der Waals surface area contributed by atoms with Crippen LogP contribution in [0.1, 0.15) is 47.7 Å². The molecule has 2 N–H and O–H groups in total. The molecule has 2 aromatic rings. The molecule has 6 heteroatoms. The Bertz CT molecular complexity index is 657. The molecule has 0 saturated heterocycles. The van der Waals surface area contributed by atoms with Gasteiger partial charge in [-0.05, 0) is 33.3 Å². The van der Waals surface area contributed by atoms with Crippen molar-refractivity contribution in [2.24, 2.45) is 7.05 Å². The average molecular weight is 304 g/mol. The molecule has 0 aliphatic heterocycles. The molecule has 1 atom stereocenters. The second-order valence-corrected chi connectivity index (χ2v) is 5.50. The van der Waals surface area contributed by atoms with Gasteiger partial charge in [-0.15, -0.1) is 0 Å². The molecule has 0 spiro atoms. The first-order valence-corrected chi connectivity index (χ1v) is 7.51. The van der Waals surface area contributed by atoms with Crippen molar-refractivity contribution < 1.29 is 9.21 Å². The molecule has 6 nitrogen and oxygen atoms in total. The minimum absolute atomic E-state index is 0.0425. The Kier molecular flexibility index (Phi) is 4.90. The standard InChI is InChI=1S/C16H24N4O2/c1-6-14(15-10(2)19-20(5)11(15)3)18-16(21)17-9-13-7-8-22-12(13)4/h7-8,14H,6,9H2,1-5H3,(H2,17,18,21)/t14-/m0/s1. The van der Waals surface area contributed by atoms with Crippen LogP contribution in [0.3, 0.4) is 0 Å². The highest BCUT2D eigenvalue weighted by Crippen LogP contribution is 2.23. The van der Waals surface area contributed by atoms with Crippen molar-refractivity contribution in [3.05, 3.63) is 40.6 Å². The number of carbonyl (C=O) groups excluding carboxylic acids is 1. The van der Waals surface area contributed by atoms with Gasteiger partial charge in [0.2, 0.25) is 0 Å². The predicted octanol–water partition coefficient (Wildman–Crippen LogP) is 2.89.